The molecule has 0 bridgehead atoms. The SMILES string of the molecule is CCCc1ccc2c(ccc3c[n+]4c5ccc(F)cc5ccc4n32)c1.[I-]. The van der Waals surface area contributed by atoms with E-state index in [0.29, 0.717) is 0 Å². The third kappa shape index (κ3) is 2.55. The molecule has 0 unspecified atom stereocenters. The number of pyridine rings is 2. The van der Waals surface area contributed by atoms with Crippen molar-refractivity contribution in [2.24, 2.45) is 0 Å². The normalized spacial score (nSPS) is 11.5. The fourth-order valence-electron chi connectivity index (χ4n) is 3.83. The summed E-state index contributed by atoms with van der Waals surface area (Å²) in [6.07, 6.45) is 4.37. The second-order valence-electron chi connectivity index (χ2n) is 6.63. The van der Waals surface area contributed by atoms with Crippen LogP contribution in [0.1, 0.15) is 18.9 Å². The van der Waals surface area contributed by atoms with Crippen molar-refractivity contribution >= 4 is 33.0 Å². The van der Waals surface area contributed by atoms with Crippen LogP contribution in [-0.4, -0.2) is 4.40 Å². The Hall–Kier alpha value is -2.21. The van der Waals surface area contributed by atoms with Gasteiger partial charge in [0.15, 0.2) is 5.52 Å². The zero-order valence-electron chi connectivity index (χ0n) is 14.4. The van der Waals surface area contributed by atoms with Gasteiger partial charge in [-0.3, -0.25) is 0 Å². The largest absolute Gasteiger partial charge is 1.00 e. The quantitative estimate of drug-likeness (QED) is 0.284. The molecule has 0 radical (unpaired) electrons. The molecular weight excluding hydrogens is 438 g/mol. The Balaban J connectivity index is 0.00000168. The zero-order valence-corrected chi connectivity index (χ0v) is 16.6. The molecule has 0 saturated heterocycles. The number of aromatic nitrogens is 2. The number of hydrogen-bond donors (Lipinski definition) is 0. The van der Waals surface area contributed by atoms with Crippen LogP contribution in [0, 0.1) is 5.82 Å². The van der Waals surface area contributed by atoms with E-state index in [1.54, 1.807) is 6.07 Å². The maximum Gasteiger partial charge on any atom is 0.292 e. The molecule has 130 valence electrons. The highest BCUT2D eigenvalue weighted by Crippen LogP contribution is 2.23. The molecule has 2 aromatic carbocycles. The van der Waals surface area contributed by atoms with Gasteiger partial charge in [-0.15, -0.1) is 0 Å². The van der Waals surface area contributed by atoms with Gasteiger partial charge in [0.05, 0.1) is 0 Å². The lowest BCUT2D eigenvalue weighted by atomic mass is 10.1. The summed E-state index contributed by atoms with van der Waals surface area (Å²) < 4.78 is 17.9. The molecule has 26 heavy (non-hydrogen) atoms. The number of halogens is 2. The van der Waals surface area contributed by atoms with E-state index in [-0.39, 0.29) is 29.8 Å². The van der Waals surface area contributed by atoms with E-state index in [4.69, 9.17) is 0 Å². The predicted octanol–water partition coefficient (Wildman–Crippen LogP) is 2.08. The Labute approximate surface area is 167 Å². The van der Waals surface area contributed by atoms with Gasteiger partial charge in [0.1, 0.15) is 23.0 Å². The van der Waals surface area contributed by atoms with E-state index in [1.165, 1.54) is 22.5 Å². The van der Waals surface area contributed by atoms with E-state index in [1.807, 2.05) is 12.1 Å². The number of imidazole rings is 1. The summed E-state index contributed by atoms with van der Waals surface area (Å²) in [6.45, 7) is 2.21. The van der Waals surface area contributed by atoms with Crippen LogP contribution < -0.4 is 28.4 Å². The van der Waals surface area contributed by atoms with Crippen LogP contribution in [-0.2, 0) is 6.42 Å². The van der Waals surface area contributed by atoms with Gasteiger partial charge >= 0.3 is 0 Å². The Morgan fingerprint density at radius 3 is 2.62 bits per heavy atom. The van der Waals surface area contributed by atoms with E-state index in [0.717, 1.165) is 34.9 Å². The number of benzene rings is 2. The maximum absolute atomic E-state index is 13.5. The molecule has 5 aromatic rings. The maximum atomic E-state index is 13.5. The lowest BCUT2D eigenvalue weighted by molar-refractivity contribution is -0.479. The minimum absolute atomic E-state index is 0. The Morgan fingerprint density at radius 1 is 0.923 bits per heavy atom. The molecule has 0 aliphatic carbocycles. The molecule has 0 N–H and O–H groups in total. The number of aryl methyl sites for hydroxylation is 1. The van der Waals surface area contributed by atoms with Gasteiger partial charge in [-0.25, -0.2) is 4.39 Å². The van der Waals surface area contributed by atoms with Crippen LogP contribution in [0.5, 0.6) is 0 Å². The first-order valence-electron chi connectivity index (χ1n) is 8.71. The van der Waals surface area contributed by atoms with E-state index in [9.17, 15) is 4.39 Å². The average Bonchev–Trinajstić information content (AvgIpc) is 3.00. The molecule has 0 aliphatic rings. The molecule has 0 amide bonds. The fourth-order valence-corrected chi connectivity index (χ4v) is 3.83. The lowest BCUT2D eigenvalue weighted by Gasteiger charge is -2.02. The zero-order chi connectivity index (χ0) is 17.0. The molecule has 0 fully saturated rings. The van der Waals surface area contributed by atoms with Gasteiger partial charge in [-0.1, -0.05) is 19.4 Å². The fraction of sp³-hybridized carbons (Fsp3) is 0.136. The summed E-state index contributed by atoms with van der Waals surface area (Å²) in [5.41, 5.74) is 5.80. The average molecular weight is 456 g/mol. The predicted molar refractivity (Wildman–Crippen MR) is 99.5 cm³/mol. The topological polar surface area (TPSA) is 8.51 Å². The Bertz CT molecular complexity index is 1270. The van der Waals surface area contributed by atoms with Gasteiger partial charge in [-0.2, -0.15) is 8.80 Å². The summed E-state index contributed by atoms with van der Waals surface area (Å²) in [5, 5.41) is 2.15. The second kappa shape index (κ2) is 6.50. The lowest BCUT2D eigenvalue weighted by Crippen LogP contribution is -3.00. The van der Waals surface area contributed by atoms with Gasteiger partial charge < -0.3 is 24.0 Å². The van der Waals surface area contributed by atoms with E-state index in [2.05, 4.69) is 58.3 Å². The summed E-state index contributed by atoms with van der Waals surface area (Å²) in [7, 11) is 0. The van der Waals surface area contributed by atoms with E-state index < -0.39 is 0 Å². The Kier molecular flexibility index (Phi) is 4.31. The minimum atomic E-state index is -0.204. The van der Waals surface area contributed by atoms with Crippen molar-refractivity contribution in [3.8, 4) is 0 Å². The van der Waals surface area contributed by atoms with Crippen molar-refractivity contribution in [3.63, 3.8) is 0 Å². The van der Waals surface area contributed by atoms with Crippen molar-refractivity contribution in [1.29, 1.82) is 0 Å². The third-order valence-corrected chi connectivity index (χ3v) is 4.96. The summed E-state index contributed by atoms with van der Waals surface area (Å²) in [6, 6.07) is 20.1. The molecule has 5 rings (SSSR count). The molecule has 4 heteroatoms. The van der Waals surface area contributed by atoms with E-state index >= 15 is 0 Å². The molecule has 3 aromatic heterocycles. The van der Waals surface area contributed by atoms with Crippen molar-refractivity contribution < 1.29 is 32.8 Å². The van der Waals surface area contributed by atoms with Crippen molar-refractivity contribution in [1.82, 2.24) is 4.40 Å². The standard InChI is InChI=1S/C22H18FN2.HI/c1-2-3-15-4-9-21-16(12-15)5-8-19-14-24-20-10-7-18(23)13-17(20)6-11-22(24)25(19)21;/h4-14H,2-3H2,1H3;1H/q+1;/p-1. The number of fused-ring (bicyclic) bond motifs is 7. The molecule has 0 spiro atoms. The highest BCUT2D eigenvalue weighted by molar-refractivity contribution is 5.86. The highest BCUT2D eigenvalue weighted by Gasteiger charge is 2.17. The smallest absolute Gasteiger partial charge is 0.292 e. The summed E-state index contributed by atoms with van der Waals surface area (Å²) >= 11 is 0. The molecule has 3 heterocycles. The van der Waals surface area contributed by atoms with Gasteiger partial charge in [0.2, 0.25) is 0 Å². The van der Waals surface area contributed by atoms with Crippen LogP contribution >= 0.6 is 0 Å². The number of nitrogens with zero attached hydrogens (tertiary/aromatic N) is 2. The van der Waals surface area contributed by atoms with Crippen LogP contribution in [0.15, 0.2) is 66.9 Å². The highest BCUT2D eigenvalue weighted by atomic mass is 127. The van der Waals surface area contributed by atoms with Crippen molar-refractivity contribution in [3.05, 3.63) is 78.2 Å². The van der Waals surface area contributed by atoms with Crippen molar-refractivity contribution in [2.75, 3.05) is 0 Å². The van der Waals surface area contributed by atoms with Crippen LogP contribution in [0.3, 0.4) is 0 Å². The Morgan fingerprint density at radius 2 is 1.77 bits per heavy atom. The van der Waals surface area contributed by atoms with Gasteiger partial charge in [-0.05, 0) is 60.5 Å². The summed E-state index contributed by atoms with van der Waals surface area (Å²) in [4.78, 5) is 0. The van der Waals surface area contributed by atoms with Gasteiger partial charge in [0, 0.05) is 16.8 Å². The first-order valence-corrected chi connectivity index (χ1v) is 8.71. The number of hydrogen-bond acceptors (Lipinski definition) is 0. The van der Waals surface area contributed by atoms with Crippen LogP contribution in [0.4, 0.5) is 4.39 Å². The third-order valence-electron chi connectivity index (χ3n) is 4.96. The van der Waals surface area contributed by atoms with Crippen LogP contribution in [0.25, 0.3) is 33.0 Å². The first kappa shape index (κ1) is 17.2. The monoisotopic (exact) mass is 456 g/mol. The molecule has 0 aliphatic heterocycles. The van der Waals surface area contributed by atoms with Gasteiger partial charge in [0.25, 0.3) is 5.65 Å². The van der Waals surface area contributed by atoms with Crippen LogP contribution in [0.2, 0.25) is 0 Å². The molecular formula is C22H18FIN2. The molecule has 2 nitrogen and oxygen atoms in total. The minimum Gasteiger partial charge on any atom is -1.00 e. The summed E-state index contributed by atoms with van der Waals surface area (Å²) in [5.74, 6) is -0.204. The molecule has 0 saturated carbocycles. The second-order valence-corrected chi connectivity index (χ2v) is 6.63. The number of rotatable bonds is 2. The van der Waals surface area contributed by atoms with Crippen molar-refractivity contribution in [2.45, 2.75) is 19.8 Å². The molecule has 0 atom stereocenters. The first-order chi connectivity index (χ1) is 12.2.